The van der Waals surface area contributed by atoms with E-state index in [0.717, 1.165) is 0 Å². The van der Waals surface area contributed by atoms with Gasteiger partial charge in [0.15, 0.2) is 0 Å². The highest BCUT2D eigenvalue weighted by atomic mass is 32.1. The Hall–Kier alpha value is -0.870. The first-order chi connectivity index (χ1) is 7.02. The first kappa shape index (κ1) is 12.2. The summed E-state index contributed by atoms with van der Waals surface area (Å²) in [4.78, 5) is 12.8. The Balaban J connectivity index is 2.54. The molecule has 1 heterocycles. The SMILES string of the molecule is CC(CN(C)C(C)c1ccsc1)C(=O)O. The summed E-state index contributed by atoms with van der Waals surface area (Å²) >= 11 is 1.67. The third kappa shape index (κ3) is 3.32. The molecule has 3 nitrogen and oxygen atoms in total. The van der Waals surface area contributed by atoms with Gasteiger partial charge in [-0.3, -0.25) is 9.69 Å². The van der Waals surface area contributed by atoms with E-state index in [0.29, 0.717) is 6.54 Å². The van der Waals surface area contributed by atoms with Crippen molar-refractivity contribution in [1.82, 2.24) is 4.90 Å². The van der Waals surface area contributed by atoms with Gasteiger partial charge >= 0.3 is 5.97 Å². The van der Waals surface area contributed by atoms with Crippen LogP contribution in [0.5, 0.6) is 0 Å². The second-order valence-electron chi connectivity index (χ2n) is 3.91. The van der Waals surface area contributed by atoms with Crippen molar-refractivity contribution in [2.75, 3.05) is 13.6 Å². The summed E-state index contributed by atoms with van der Waals surface area (Å²) in [7, 11) is 1.96. The van der Waals surface area contributed by atoms with Gasteiger partial charge in [0, 0.05) is 12.6 Å². The second kappa shape index (κ2) is 5.28. The van der Waals surface area contributed by atoms with Crippen LogP contribution in [-0.2, 0) is 4.79 Å². The molecule has 1 rings (SSSR count). The standard InChI is InChI=1S/C11H17NO2S/c1-8(11(13)14)6-12(3)9(2)10-4-5-15-7-10/h4-5,7-9H,6H2,1-3H3,(H,13,14). The van der Waals surface area contributed by atoms with Crippen LogP contribution < -0.4 is 0 Å². The molecule has 1 N–H and O–H groups in total. The van der Waals surface area contributed by atoms with Crippen molar-refractivity contribution >= 4 is 17.3 Å². The molecular weight excluding hydrogens is 210 g/mol. The molecule has 0 aromatic carbocycles. The molecule has 0 aliphatic rings. The Morgan fingerprint density at radius 2 is 2.27 bits per heavy atom. The predicted molar refractivity (Wildman–Crippen MR) is 62.2 cm³/mol. The quantitative estimate of drug-likeness (QED) is 0.840. The molecule has 0 saturated carbocycles. The summed E-state index contributed by atoms with van der Waals surface area (Å²) in [6.07, 6.45) is 0. The minimum absolute atomic E-state index is 0.276. The van der Waals surface area contributed by atoms with Crippen LogP contribution in [0.4, 0.5) is 0 Å². The van der Waals surface area contributed by atoms with Crippen molar-refractivity contribution in [3.05, 3.63) is 22.4 Å². The fourth-order valence-electron chi connectivity index (χ4n) is 1.44. The third-order valence-electron chi connectivity index (χ3n) is 2.67. The third-order valence-corrected chi connectivity index (χ3v) is 3.37. The topological polar surface area (TPSA) is 40.5 Å². The minimum atomic E-state index is -0.737. The number of nitrogens with zero attached hydrogens (tertiary/aromatic N) is 1. The zero-order chi connectivity index (χ0) is 11.4. The first-order valence-electron chi connectivity index (χ1n) is 4.97. The van der Waals surface area contributed by atoms with Gasteiger partial charge in [0.05, 0.1) is 5.92 Å². The minimum Gasteiger partial charge on any atom is -0.481 e. The van der Waals surface area contributed by atoms with E-state index in [1.54, 1.807) is 18.3 Å². The number of rotatable bonds is 5. The van der Waals surface area contributed by atoms with Crippen LogP contribution >= 0.6 is 11.3 Å². The lowest BCUT2D eigenvalue weighted by molar-refractivity contribution is -0.141. The second-order valence-corrected chi connectivity index (χ2v) is 4.69. The normalized spacial score (nSPS) is 15.2. The van der Waals surface area contributed by atoms with Crippen LogP contribution in [0.25, 0.3) is 0 Å². The number of thiophene rings is 1. The number of carbonyl (C=O) groups is 1. The maximum Gasteiger partial charge on any atom is 0.307 e. The molecule has 0 fully saturated rings. The lowest BCUT2D eigenvalue weighted by atomic mass is 10.1. The Morgan fingerprint density at radius 3 is 2.73 bits per heavy atom. The van der Waals surface area contributed by atoms with Crippen LogP contribution in [0, 0.1) is 5.92 Å². The van der Waals surface area contributed by atoms with E-state index in [4.69, 9.17) is 5.11 Å². The Kier molecular flexibility index (Phi) is 4.29. The van der Waals surface area contributed by atoms with E-state index in [1.807, 2.05) is 12.4 Å². The molecular formula is C11H17NO2S. The van der Waals surface area contributed by atoms with Gasteiger partial charge in [-0.15, -0.1) is 0 Å². The van der Waals surface area contributed by atoms with E-state index in [2.05, 4.69) is 23.3 Å². The first-order valence-corrected chi connectivity index (χ1v) is 5.91. The van der Waals surface area contributed by atoms with Crippen molar-refractivity contribution in [2.45, 2.75) is 19.9 Å². The lowest BCUT2D eigenvalue weighted by Crippen LogP contribution is -2.30. The average molecular weight is 227 g/mol. The smallest absolute Gasteiger partial charge is 0.307 e. The summed E-state index contributed by atoms with van der Waals surface area (Å²) in [6.45, 7) is 4.40. The van der Waals surface area contributed by atoms with Crippen LogP contribution in [0.3, 0.4) is 0 Å². The van der Waals surface area contributed by atoms with Gasteiger partial charge in [-0.2, -0.15) is 11.3 Å². The van der Waals surface area contributed by atoms with Crippen LogP contribution in [0.1, 0.15) is 25.5 Å². The molecule has 0 bridgehead atoms. The van der Waals surface area contributed by atoms with E-state index in [9.17, 15) is 4.79 Å². The number of carboxylic acid groups (broad SMARTS) is 1. The molecule has 2 unspecified atom stereocenters. The van der Waals surface area contributed by atoms with E-state index in [-0.39, 0.29) is 12.0 Å². The molecule has 0 aliphatic heterocycles. The Bertz CT molecular complexity index is 310. The van der Waals surface area contributed by atoms with Crippen LogP contribution in [0.2, 0.25) is 0 Å². The Morgan fingerprint density at radius 1 is 1.60 bits per heavy atom. The highest BCUT2D eigenvalue weighted by molar-refractivity contribution is 7.07. The maximum absolute atomic E-state index is 10.7. The van der Waals surface area contributed by atoms with Gasteiger partial charge in [0.25, 0.3) is 0 Å². The zero-order valence-electron chi connectivity index (χ0n) is 9.30. The summed E-state index contributed by atoms with van der Waals surface area (Å²) in [5.74, 6) is -1.06. The molecule has 0 amide bonds. The lowest BCUT2D eigenvalue weighted by Gasteiger charge is -2.25. The molecule has 84 valence electrons. The van der Waals surface area contributed by atoms with Gasteiger partial charge < -0.3 is 5.11 Å². The fourth-order valence-corrected chi connectivity index (χ4v) is 2.18. The fraction of sp³-hybridized carbons (Fsp3) is 0.545. The van der Waals surface area contributed by atoms with Gasteiger partial charge in [-0.05, 0) is 36.4 Å². The largest absolute Gasteiger partial charge is 0.481 e. The summed E-state index contributed by atoms with van der Waals surface area (Å²) in [5.41, 5.74) is 1.25. The molecule has 0 radical (unpaired) electrons. The summed E-state index contributed by atoms with van der Waals surface area (Å²) < 4.78 is 0. The van der Waals surface area contributed by atoms with Gasteiger partial charge in [-0.25, -0.2) is 0 Å². The summed E-state index contributed by atoms with van der Waals surface area (Å²) in [6, 6.07) is 2.36. The molecule has 4 heteroatoms. The Labute approximate surface area is 94.3 Å². The number of hydrogen-bond acceptors (Lipinski definition) is 3. The van der Waals surface area contributed by atoms with Crippen LogP contribution in [0.15, 0.2) is 16.8 Å². The van der Waals surface area contributed by atoms with E-state index in [1.165, 1.54) is 5.56 Å². The molecule has 0 saturated heterocycles. The average Bonchev–Trinajstić information content (AvgIpc) is 2.68. The van der Waals surface area contributed by atoms with Crippen molar-refractivity contribution in [2.24, 2.45) is 5.92 Å². The molecule has 2 atom stereocenters. The molecule has 15 heavy (non-hydrogen) atoms. The number of aliphatic carboxylic acids is 1. The number of hydrogen-bond donors (Lipinski definition) is 1. The van der Waals surface area contributed by atoms with Gasteiger partial charge in [-0.1, -0.05) is 6.92 Å². The zero-order valence-corrected chi connectivity index (χ0v) is 10.1. The molecule has 1 aromatic heterocycles. The van der Waals surface area contributed by atoms with E-state index >= 15 is 0 Å². The highest BCUT2D eigenvalue weighted by Crippen LogP contribution is 2.21. The molecule has 0 aliphatic carbocycles. The van der Waals surface area contributed by atoms with Gasteiger partial charge in [0.1, 0.15) is 0 Å². The van der Waals surface area contributed by atoms with Crippen molar-refractivity contribution in [3.63, 3.8) is 0 Å². The van der Waals surface area contributed by atoms with Crippen molar-refractivity contribution < 1.29 is 9.90 Å². The monoisotopic (exact) mass is 227 g/mol. The van der Waals surface area contributed by atoms with E-state index < -0.39 is 5.97 Å². The maximum atomic E-state index is 10.7. The van der Waals surface area contributed by atoms with Crippen molar-refractivity contribution in [3.8, 4) is 0 Å². The van der Waals surface area contributed by atoms with Gasteiger partial charge in [0.2, 0.25) is 0 Å². The predicted octanol–water partition coefficient (Wildman–Crippen LogP) is 2.46. The summed E-state index contributed by atoms with van der Waals surface area (Å²) in [5, 5.41) is 13.0. The highest BCUT2D eigenvalue weighted by Gasteiger charge is 2.18. The van der Waals surface area contributed by atoms with Crippen LogP contribution in [-0.4, -0.2) is 29.6 Å². The molecule has 1 aromatic rings. The molecule has 0 spiro atoms. The number of carboxylic acids is 1. The van der Waals surface area contributed by atoms with Crippen molar-refractivity contribution in [1.29, 1.82) is 0 Å².